The van der Waals surface area contributed by atoms with Gasteiger partial charge in [0, 0.05) is 11.6 Å². The van der Waals surface area contributed by atoms with E-state index in [0.29, 0.717) is 17.9 Å². The number of anilines is 1. The summed E-state index contributed by atoms with van der Waals surface area (Å²) < 4.78 is 5.42. The fourth-order valence-corrected chi connectivity index (χ4v) is 4.33. The third-order valence-electron chi connectivity index (χ3n) is 5.70. The zero-order valence-electron chi connectivity index (χ0n) is 16.5. The molecule has 2 saturated heterocycles. The SMILES string of the molecule is CCOc1cccc([C@@H]2N[C@H](C(=O)O)[C@H]3C(=O)N(c4ccc(C)cc4)C(=O)[C@@H]32)c1O. The molecule has 2 fully saturated rings. The van der Waals surface area contributed by atoms with Gasteiger partial charge in [-0.2, -0.15) is 0 Å². The predicted molar refractivity (Wildman–Crippen MR) is 107 cm³/mol. The van der Waals surface area contributed by atoms with E-state index in [1.165, 1.54) is 0 Å². The van der Waals surface area contributed by atoms with Gasteiger partial charge in [-0.1, -0.05) is 29.8 Å². The lowest BCUT2D eigenvalue weighted by atomic mass is 9.86. The van der Waals surface area contributed by atoms with E-state index in [-0.39, 0.29) is 11.5 Å². The van der Waals surface area contributed by atoms with Gasteiger partial charge in [0.05, 0.1) is 24.1 Å². The topological polar surface area (TPSA) is 116 Å². The average Bonchev–Trinajstić information content (AvgIpc) is 3.22. The highest BCUT2D eigenvalue weighted by molar-refractivity contribution is 6.23. The first kappa shape index (κ1) is 19.9. The zero-order valence-corrected chi connectivity index (χ0v) is 16.5. The molecule has 0 radical (unpaired) electrons. The van der Waals surface area contributed by atoms with Crippen molar-refractivity contribution in [2.24, 2.45) is 11.8 Å². The number of carbonyl (C=O) groups is 3. The number of aliphatic carboxylic acids is 1. The lowest BCUT2D eigenvalue weighted by molar-refractivity contribution is -0.142. The van der Waals surface area contributed by atoms with Gasteiger partial charge < -0.3 is 14.9 Å². The second-order valence-corrected chi connectivity index (χ2v) is 7.49. The monoisotopic (exact) mass is 410 g/mol. The molecule has 0 bridgehead atoms. The lowest BCUT2D eigenvalue weighted by Crippen LogP contribution is -2.43. The van der Waals surface area contributed by atoms with Crippen molar-refractivity contribution in [3.8, 4) is 11.5 Å². The van der Waals surface area contributed by atoms with E-state index >= 15 is 0 Å². The number of ether oxygens (including phenoxy) is 1. The predicted octanol–water partition coefficient (Wildman–Crippen LogP) is 2.00. The number of nitrogens with one attached hydrogen (secondary N) is 1. The van der Waals surface area contributed by atoms with Gasteiger partial charge in [-0.15, -0.1) is 0 Å². The van der Waals surface area contributed by atoms with Crippen LogP contribution in [0.3, 0.4) is 0 Å². The molecule has 8 heteroatoms. The first-order valence-corrected chi connectivity index (χ1v) is 9.73. The van der Waals surface area contributed by atoms with E-state index in [1.54, 1.807) is 49.4 Å². The second kappa shape index (κ2) is 7.46. The molecule has 0 aliphatic carbocycles. The minimum atomic E-state index is -1.25. The van der Waals surface area contributed by atoms with Crippen molar-refractivity contribution < 1.29 is 29.3 Å². The molecule has 156 valence electrons. The molecular formula is C22H22N2O6. The van der Waals surface area contributed by atoms with Crippen LogP contribution in [0.25, 0.3) is 0 Å². The number of rotatable bonds is 5. The van der Waals surface area contributed by atoms with Crippen LogP contribution >= 0.6 is 0 Å². The van der Waals surface area contributed by atoms with E-state index in [1.807, 2.05) is 6.92 Å². The Morgan fingerprint density at radius 3 is 2.40 bits per heavy atom. The van der Waals surface area contributed by atoms with Crippen molar-refractivity contribution in [2.75, 3.05) is 11.5 Å². The molecule has 30 heavy (non-hydrogen) atoms. The highest BCUT2D eigenvalue weighted by Crippen LogP contribution is 2.48. The first-order chi connectivity index (χ1) is 14.3. The summed E-state index contributed by atoms with van der Waals surface area (Å²) in [5.74, 6) is -4.23. The number of imide groups is 1. The van der Waals surface area contributed by atoms with Crippen LogP contribution < -0.4 is 15.0 Å². The number of carbonyl (C=O) groups excluding carboxylic acids is 2. The zero-order chi connectivity index (χ0) is 21.6. The van der Waals surface area contributed by atoms with Gasteiger partial charge in [-0.25, -0.2) is 4.90 Å². The number of carboxylic acids is 1. The van der Waals surface area contributed by atoms with Crippen LogP contribution in [0.15, 0.2) is 42.5 Å². The van der Waals surface area contributed by atoms with Crippen LogP contribution in [0, 0.1) is 18.8 Å². The highest BCUT2D eigenvalue weighted by atomic mass is 16.5. The smallest absolute Gasteiger partial charge is 0.321 e. The van der Waals surface area contributed by atoms with E-state index in [2.05, 4.69) is 5.32 Å². The summed E-state index contributed by atoms with van der Waals surface area (Å²) in [6.07, 6.45) is 0. The van der Waals surface area contributed by atoms with Crippen molar-refractivity contribution in [3.05, 3.63) is 53.6 Å². The van der Waals surface area contributed by atoms with Gasteiger partial charge in [-0.3, -0.25) is 19.7 Å². The van der Waals surface area contributed by atoms with Gasteiger partial charge >= 0.3 is 5.97 Å². The molecule has 4 rings (SSSR count). The molecule has 8 nitrogen and oxygen atoms in total. The number of phenolic OH excluding ortho intramolecular Hbond substituents is 1. The second-order valence-electron chi connectivity index (χ2n) is 7.49. The van der Waals surface area contributed by atoms with Crippen molar-refractivity contribution in [2.45, 2.75) is 25.9 Å². The molecule has 2 aliphatic heterocycles. The van der Waals surface area contributed by atoms with Crippen molar-refractivity contribution in [1.29, 1.82) is 0 Å². The molecular weight excluding hydrogens is 388 g/mol. The number of aryl methyl sites for hydroxylation is 1. The van der Waals surface area contributed by atoms with Gasteiger partial charge in [-0.05, 0) is 32.0 Å². The molecule has 0 saturated carbocycles. The van der Waals surface area contributed by atoms with Crippen LogP contribution in [-0.4, -0.2) is 40.6 Å². The third kappa shape index (κ3) is 3.00. The largest absolute Gasteiger partial charge is 0.504 e. The van der Waals surface area contributed by atoms with Crippen LogP contribution in [0.5, 0.6) is 11.5 Å². The maximum Gasteiger partial charge on any atom is 0.321 e. The number of hydrogen-bond donors (Lipinski definition) is 3. The maximum atomic E-state index is 13.3. The van der Waals surface area contributed by atoms with Crippen molar-refractivity contribution >= 4 is 23.5 Å². The Bertz CT molecular complexity index is 1020. The molecule has 2 aliphatic rings. The Labute approximate surface area is 173 Å². The molecule has 0 spiro atoms. The summed E-state index contributed by atoms with van der Waals surface area (Å²) in [7, 11) is 0. The molecule has 2 amide bonds. The quantitative estimate of drug-likeness (QED) is 0.646. The Morgan fingerprint density at radius 2 is 1.77 bits per heavy atom. The van der Waals surface area contributed by atoms with E-state index in [9.17, 15) is 24.6 Å². The Kier molecular flexibility index (Phi) is 4.95. The average molecular weight is 410 g/mol. The highest BCUT2D eigenvalue weighted by Gasteiger charge is 2.61. The summed E-state index contributed by atoms with van der Waals surface area (Å²) in [6.45, 7) is 3.99. The molecule has 0 unspecified atom stereocenters. The Hall–Kier alpha value is -3.39. The van der Waals surface area contributed by atoms with Crippen LogP contribution in [0.2, 0.25) is 0 Å². The normalized spacial score (nSPS) is 25.5. The van der Waals surface area contributed by atoms with Gasteiger partial charge in [0.1, 0.15) is 6.04 Å². The summed E-state index contributed by atoms with van der Waals surface area (Å²) in [6, 6.07) is 9.65. The summed E-state index contributed by atoms with van der Waals surface area (Å²) in [5.41, 5.74) is 1.70. The third-order valence-corrected chi connectivity index (χ3v) is 5.70. The van der Waals surface area contributed by atoms with Crippen LogP contribution in [0.1, 0.15) is 24.1 Å². The van der Waals surface area contributed by atoms with Gasteiger partial charge in [0.15, 0.2) is 11.5 Å². The van der Waals surface area contributed by atoms with Crippen molar-refractivity contribution in [1.82, 2.24) is 5.32 Å². The number of fused-ring (bicyclic) bond motifs is 1. The fraction of sp³-hybridized carbons (Fsp3) is 0.318. The van der Waals surface area contributed by atoms with Gasteiger partial charge in [0.25, 0.3) is 0 Å². The fourth-order valence-electron chi connectivity index (χ4n) is 4.33. The molecule has 2 aromatic carbocycles. The maximum absolute atomic E-state index is 13.3. The van der Waals surface area contributed by atoms with E-state index < -0.39 is 41.7 Å². The Balaban J connectivity index is 1.78. The van der Waals surface area contributed by atoms with Gasteiger partial charge in [0.2, 0.25) is 11.8 Å². The molecule has 4 atom stereocenters. The first-order valence-electron chi connectivity index (χ1n) is 9.73. The Morgan fingerprint density at radius 1 is 1.10 bits per heavy atom. The number of nitrogens with zero attached hydrogens (tertiary/aromatic N) is 1. The molecule has 2 aromatic rings. The number of amides is 2. The molecule has 2 heterocycles. The van der Waals surface area contributed by atoms with Crippen LogP contribution in [-0.2, 0) is 14.4 Å². The number of benzene rings is 2. The summed E-state index contributed by atoms with van der Waals surface area (Å²) in [4.78, 5) is 39.4. The van der Waals surface area contributed by atoms with E-state index in [4.69, 9.17) is 4.74 Å². The minimum Gasteiger partial charge on any atom is -0.504 e. The lowest BCUT2D eigenvalue weighted by Gasteiger charge is -2.22. The number of aromatic hydroxyl groups is 1. The number of carboxylic acid groups (broad SMARTS) is 1. The van der Waals surface area contributed by atoms with E-state index in [0.717, 1.165) is 10.5 Å². The van der Waals surface area contributed by atoms with Crippen molar-refractivity contribution in [3.63, 3.8) is 0 Å². The van der Waals surface area contributed by atoms with Crippen LogP contribution in [0.4, 0.5) is 5.69 Å². The summed E-state index contributed by atoms with van der Waals surface area (Å²) in [5, 5.41) is 23.2. The molecule has 3 N–H and O–H groups in total. The number of para-hydroxylation sites is 1. The number of hydrogen-bond acceptors (Lipinski definition) is 6. The minimum absolute atomic E-state index is 0.171. The molecule has 0 aromatic heterocycles. The number of phenols is 1. The summed E-state index contributed by atoms with van der Waals surface area (Å²) >= 11 is 0. The standard InChI is InChI=1S/C22H22N2O6/c1-3-30-14-6-4-5-13(19(14)25)17-15-16(18(23-17)22(28)29)21(27)24(20(15)26)12-9-7-11(2)8-10-12/h4-10,15-18,23,25H,3H2,1-2H3,(H,28,29)/t15-,16-,17-,18-/m0/s1.